The lowest BCUT2D eigenvalue weighted by atomic mass is 10.0. The maximum atomic E-state index is 13.0. The van der Waals surface area contributed by atoms with Gasteiger partial charge < -0.3 is 14.6 Å². The number of aromatic nitrogens is 2. The van der Waals surface area contributed by atoms with Gasteiger partial charge in [-0.3, -0.25) is 4.79 Å². The molecule has 0 radical (unpaired) electrons. The topological polar surface area (TPSA) is 94.3 Å². The van der Waals surface area contributed by atoms with Crippen LogP contribution in [0.2, 0.25) is 0 Å². The van der Waals surface area contributed by atoms with Crippen LogP contribution in [-0.2, 0) is 4.74 Å². The molecule has 1 N–H and O–H groups in total. The summed E-state index contributed by atoms with van der Waals surface area (Å²) in [5, 5.41) is 7.97. The van der Waals surface area contributed by atoms with E-state index in [9.17, 15) is 9.59 Å². The molecule has 0 aromatic carbocycles. The van der Waals surface area contributed by atoms with Crippen molar-refractivity contribution >= 4 is 39.3 Å². The number of nitrogens with one attached hydrogen (secondary N) is 1. The van der Waals surface area contributed by atoms with Crippen molar-refractivity contribution in [1.29, 1.82) is 0 Å². The highest BCUT2D eigenvalue weighted by Crippen LogP contribution is 2.30. The molecule has 0 bridgehead atoms. The van der Waals surface area contributed by atoms with Crippen molar-refractivity contribution < 1.29 is 18.8 Å². The summed E-state index contributed by atoms with van der Waals surface area (Å²) in [6, 6.07) is 3.52. The molecule has 0 aliphatic heterocycles. The van der Waals surface area contributed by atoms with E-state index in [-0.39, 0.29) is 17.8 Å². The van der Waals surface area contributed by atoms with E-state index in [0.717, 1.165) is 11.3 Å². The largest absolute Gasteiger partial charge is 0.462 e. The van der Waals surface area contributed by atoms with E-state index in [2.05, 4.69) is 15.5 Å². The number of hydrogen-bond donors (Lipinski definition) is 1. The Morgan fingerprint density at radius 1 is 1.30 bits per heavy atom. The average Bonchev–Trinajstić information content (AvgIpc) is 3.17. The van der Waals surface area contributed by atoms with Gasteiger partial charge >= 0.3 is 5.97 Å². The van der Waals surface area contributed by atoms with Gasteiger partial charge in [-0.2, -0.15) is 0 Å². The van der Waals surface area contributed by atoms with Gasteiger partial charge in [-0.15, -0.1) is 11.3 Å². The van der Waals surface area contributed by atoms with Crippen molar-refractivity contribution in [3.05, 3.63) is 39.5 Å². The van der Waals surface area contributed by atoms with Crippen molar-refractivity contribution in [2.45, 2.75) is 40.5 Å². The van der Waals surface area contributed by atoms with Gasteiger partial charge in [-0.05, 0) is 44.4 Å². The third kappa shape index (κ3) is 3.71. The van der Waals surface area contributed by atoms with Crippen LogP contribution in [0.4, 0.5) is 5.00 Å². The standard InChI is InChI=1S/C19H21N3O4S/c1-6-25-19(24)16-10(4)7-14(27-16)21-17(23)12-8-13(9(2)3)20-18-15(12)11(5)22-26-18/h7-9H,6H2,1-5H3,(H,21,23). The number of nitrogens with zero attached hydrogens (tertiary/aromatic N) is 2. The van der Waals surface area contributed by atoms with Gasteiger partial charge in [0.1, 0.15) is 4.88 Å². The Balaban J connectivity index is 1.96. The zero-order valence-corrected chi connectivity index (χ0v) is 16.7. The van der Waals surface area contributed by atoms with Gasteiger partial charge in [0.2, 0.25) is 0 Å². The smallest absolute Gasteiger partial charge is 0.348 e. The Morgan fingerprint density at radius 2 is 2.04 bits per heavy atom. The number of amides is 1. The van der Waals surface area contributed by atoms with Gasteiger partial charge in [0.25, 0.3) is 11.6 Å². The number of fused-ring (bicyclic) bond motifs is 1. The number of carbonyl (C=O) groups excluding carboxylic acids is 2. The number of rotatable bonds is 5. The molecule has 8 heteroatoms. The predicted octanol–water partition coefficient (Wildman–Crippen LogP) is 4.45. The normalized spacial score (nSPS) is 11.2. The van der Waals surface area contributed by atoms with Crippen LogP contribution in [0.3, 0.4) is 0 Å². The van der Waals surface area contributed by atoms with E-state index >= 15 is 0 Å². The number of ether oxygens (including phenoxy) is 1. The lowest BCUT2D eigenvalue weighted by molar-refractivity contribution is 0.0531. The molecule has 0 atom stereocenters. The summed E-state index contributed by atoms with van der Waals surface area (Å²) in [7, 11) is 0. The number of hydrogen-bond acceptors (Lipinski definition) is 7. The van der Waals surface area contributed by atoms with E-state index in [1.54, 1.807) is 26.0 Å². The van der Waals surface area contributed by atoms with Crippen molar-refractivity contribution in [2.75, 3.05) is 11.9 Å². The third-order valence-corrected chi connectivity index (χ3v) is 5.22. The van der Waals surface area contributed by atoms with Crippen molar-refractivity contribution in [3.8, 4) is 0 Å². The molecule has 3 rings (SSSR count). The summed E-state index contributed by atoms with van der Waals surface area (Å²) in [4.78, 5) is 29.9. The fourth-order valence-electron chi connectivity index (χ4n) is 2.71. The number of anilines is 1. The highest BCUT2D eigenvalue weighted by molar-refractivity contribution is 7.18. The SMILES string of the molecule is CCOC(=O)c1sc(NC(=O)c2cc(C(C)C)nc3onc(C)c23)cc1C. The number of esters is 1. The molecule has 0 saturated carbocycles. The second kappa shape index (κ2) is 7.48. The minimum Gasteiger partial charge on any atom is -0.462 e. The summed E-state index contributed by atoms with van der Waals surface area (Å²) in [5.74, 6) is -0.554. The Bertz CT molecular complexity index is 1020. The fourth-order valence-corrected chi connectivity index (χ4v) is 3.67. The van der Waals surface area contributed by atoms with Gasteiger partial charge in [-0.1, -0.05) is 19.0 Å². The number of aryl methyl sites for hydroxylation is 2. The quantitative estimate of drug-likeness (QED) is 0.650. The minimum atomic E-state index is -0.385. The molecule has 3 aromatic heterocycles. The van der Waals surface area contributed by atoms with E-state index in [0.29, 0.717) is 38.8 Å². The molecular formula is C19H21N3O4S. The summed E-state index contributed by atoms with van der Waals surface area (Å²) in [5.41, 5.74) is 2.91. The summed E-state index contributed by atoms with van der Waals surface area (Å²) in [6.45, 7) is 9.63. The molecule has 0 fully saturated rings. The van der Waals surface area contributed by atoms with Crippen LogP contribution in [0.1, 0.15) is 63.7 Å². The fraction of sp³-hybridized carbons (Fsp3) is 0.368. The molecule has 27 heavy (non-hydrogen) atoms. The highest BCUT2D eigenvalue weighted by Gasteiger charge is 2.21. The Kier molecular flexibility index (Phi) is 5.27. The predicted molar refractivity (Wildman–Crippen MR) is 104 cm³/mol. The van der Waals surface area contributed by atoms with Gasteiger partial charge in [0, 0.05) is 5.69 Å². The Hall–Kier alpha value is -2.74. The highest BCUT2D eigenvalue weighted by atomic mass is 32.1. The van der Waals surface area contributed by atoms with E-state index < -0.39 is 0 Å². The van der Waals surface area contributed by atoms with Gasteiger partial charge in [-0.25, -0.2) is 9.78 Å². The van der Waals surface area contributed by atoms with Crippen LogP contribution >= 0.6 is 11.3 Å². The molecule has 142 valence electrons. The molecule has 1 amide bonds. The van der Waals surface area contributed by atoms with Crippen LogP contribution in [0.5, 0.6) is 0 Å². The second-order valence-electron chi connectivity index (χ2n) is 6.49. The van der Waals surface area contributed by atoms with Crippen LogP contribution in [0, 0.1) is 13.8 Å². The molecule has 7 nitrogen and oxygen atoms in total. The molecule has 0 aliphatic carbocycles. The van der Waals surface area contributed by atoms with E-state index in [1.807, 2.05) is 20.8 Å². The minimum absolute atomic E-state index is 0.130. The van der Waals surface area contributed by atoms with Crippen LogP contribution in [0.15, 0.2) is 16.7 Å². The molecule has 0 aliphatic rings. The Morgan fingerprint density at radius 3 is 2.70 bits per heavy atom. The lowest BCUT2D eigenvalue weighted by Crippen LogP contribution is -2.13. The molecular weight excluding hydrogens is 366 g/mol. The molecule has 0 spiro atoms. The number of pyridine rings is 1. The second-order valence-corrected chi connectivity index (χ2v) is 7.55. The number of carbonyl (C=O) groups is 2. The van der Waals surface area contributed by atoms with Crippen molar-refractivity contribution in [1.82, 2.24) is 10.1 Å². The molecule has 3 heterocycles. The summed E-state index contributed by atoms with van der Waals surface area (Å²) < 4.78 is 10.3. The van der Waals surface area contributed by atoms with Gasteiger partial charge in [0.15, 0.2) is 0 Å². The monoisotopic (exact) mass is 387 g/mol. The zero-order valence-electron chi connectivity index (χ0n) is 15.9. The van der Waals surface area contributed by atoms with E-state index in [1.165, 1.54) is 11.3 Å². The maximum absolute atomic E-state index is 13.0. The zero-order chi connectivity index (χ0) is 19.7. The first kappa shape index (κ1) is 19.0. The Labute approximate surface area is 160 Å². The molecule has 3 aromatic rings. The third-order valence-electron chi connectivity index (χ3n) is 4.09. The molecule has 0 unspecified atom stereocenters. The summed E-state index contributed by atoms with van der Waals surface area (Å²) in [6.07, 6.45) is 0. The van der Waals surface area contributed by atoms with Crippen molar-refractivity contribution in [2.24, 2.45) is 0 Å². The van der Waals surface area contributed by atoms with Crippen LogP contribution < -0.4 is 5.32 Å². The molecule has 0 saturated heterocycles. The van der Waals surface area contributed by atoms with Crippen LogP contribution in [0.25, 0.3) is 11.1 Å². The van der Waals surface area contributed by atoms with Crippen LogP contribution in [-0.4, -0.2) is 28.6 Å². The average molecular weight is 387 g/mol. The van der Waals surface area contributed by atoms with Crippen molar-refractivity contribution in [3.63, 3.8) is 0 Å². The first-order chi connectivity index (χ1) is 12.8. The number of thiophene rings is 1. The summed E-state index contributed by atoms with van der Waals surface area (Å²) >= 11 is 1.19. The van der Waals surface area contributed by atoms with E-state index in [4.69, 9.17) is 9.26 Å². The maximum Gasteiger partial charge on any atom is 0.348 e. The lowest BCUT2D eigenvalue weighted by Gasteiger charge is -2.08. The first-order valence-electron chi connectivity index (χ1n) is 8.67. The van der Waals surface area contributed by atoms with Gasteiger partial charge in [0.05, 0.1) is 28.3 Å². The first-order valence-corrected chi connectivity index (χ1v) is 9.49.